The third kappa shape index (κ3) is 4.52. The highest BCUT2D eigenvalue weighted by atomic mass is 16.5. The maximum absolute atomic E-state index is 12.7. The highest BCUT2D eigenvalue weighted by Crippen LogP contribution is 2.21. The summed E-state index contributed by atoms with van der Waals surface area (Å²) in [5.41, 5.74) is 3.51. The van der Waals surface area contributed by atoms with E-state index in [1.807, 2.05) is 54.7 Å². The lowest BCUT2D eigenvalue weighted by Gasteiger charge is -2.22. The number of ether oxygens (including phenoxy) is 1. The minimum atomic E-state index is -0.360. The number of methoxy groups -OCH3 is 1. The molecule has 0 bridgehead atoms. The summed E-state index contributed by atoms with van der Waals surface area (Å²) in [5.74, 6) is 0.871. The fourth-order valence-electron chi connectivity index (χ4n) is 2.64. The summed E-state index contributed by atoms with van der Waals surface area (Å²) in [6.45, 7) is 1.87. The molecule has 2 amide bonds. The van der Waals surface area contributed by atoms with Gasteiger partial charge in [-0.25, -0.2) is 4.79 Å². The minimum absolute atomic E-state index is 0.158. The van der Waals surface area contributed by atoms with Crippen LogP contribution in [0.15, 0.2) is 60.9 Å². The molecule has 0 saturated carbocycles. The molecule has 0 fully saturated rings. The number of aromatic amines is 1. The second kappa shape index (κ2) is 8.18. The number of urea groups is 1. The highest BCUT2D eigenvalue weighted by molar-refractivity contribution is 6.01. The van der Waals surface area contributed by atoms with Crippen LogP contribution in [0.25, 0.3) is 11.1 Å². The first-order valence-corrected chi connectivity index (χ1v) is 8.42. The van der Waals surface area contributed by atoms with Crippen molar-refractivity contribution in [3.05, 3.63) is 66.5 Å². The van der Waals surface area contributed by atoms with Gasteiger partial charge in [0.25, 0.3) is 0 Å². The summed E-state index contributed by atoms with van der Waals surface area (Å²) >= 11 is 0. The van der Waals surface area contributed by atoms with Crippen LogP contribution < -0.4 is 10.1 Å². The Morgan fingerprint density at radius 1 is 1.22 bits per heavy atom. The average molecular weight is 363 g/mol. The Kier molecular flexibility index (Phi) is 5.51. The molecule has 0 saturated heterocycles. The van der Waals surface area contributed by atoms with E-state index >= 15 is 0 Å². The summed E-state index contributed by atoms with van der Waals surface area (Å²) in [6.07, 6.45) is 3.55. The summed E-state index contributed by atoms with van der Waals surface area (Å²) < 4.78 is 5.22. The number of amidine groups is 1. The molecule has 0 aliphatic rings. The van der Waals surface area contributed by atoms with E-state index < -0.39 is 0 Å². The van der Waals surface area contributed by atoms with Gasteiger partial charge in [-0.3, -0.25) is 15.4 Å². The predicted octanol–water partition coefficient (Wildman–Crippen LogP) is 4.12. The Morgan fingerprint density at radius 3 is 2.63 bits per heavy atom. The maximum atomic E-state index is 12.7. The van der Waals surface area contributed by atoms with E-state index in [9.17, 15) is 4.79 Å². The molecular formula is C20H21N5O2. The standard InChI is InChI=1S/C20H21N5O2/c1-14(21)25(13-15-4-3-5-19(10-15)27-2)20(26)24-18-8-6-16(7-9-18)17-11-22-23-12-17/h3-12,21H,13H2,1-2H3,(H,22,23)(H,24,26). The molecule has 0 atom stereocenters. The van der Waals surface area contributed by atoms with Gasteiger partial charge in [0, 0.05) is 17.4 Å². The quantitative estimate of drug-likeness (QED) is 0.470. The normalized spacial score (nSPS) is 10.3. The number of nitrogens with one attached hydrogen (secondary N) is 3. The van der Waals surface area contributed by atoms with Crippen molar-refractivity contribution in [1.29, 1.82) is 5.41 Å². The lowest BCUT2D eigenvalue weighted by atomic mass is 10.1. The first-order chi connectivity index (χ1) is 13.1. The Bertz CT molecular complexity index is 920. The third-order valence-electron chi connectivity index (χ3n) is 4.09. The number of benzene rings is 2. The zero-order chi connectivity index (χ0) is 19.2. The number of amides is 2. The fraction of sp³-hybridized carbons (Fsp3) is 0.150. The van der Waals surface area contributed by atoms with Gasteiger partial charge in [-0.05, 0) is 42.3 Å². The molecule has 3 rings (SSSR count). The van der Waals surface area contributed by atoms with Crippen LogP contribution in [-0.2, 0) is 6.54 Å². The van der Waals surface area contributed by atoms with Gasteiger partial charge in [0.15, 0.2) is 0 Å². The largest absolute Gasteiger partial charge is 0.497 e. The van der Waals surface area contributed by atoms with Crippen molar-refractivity contribution in [3.63, 3.8) is 0 Å². The molecule has 27 heavy (non-hydrogen) atoms. The van der Waals surface area contributed by atoms with E-state index in [1.54, 1.807) is 20.2 Å². The van der Waals surface area contributed by atoms with Crippen LogP contribution in [0.2, 0.25) is 0 Å². The van der Waals surface area contributed by atoms with Crippen molar-refractivity contribution in [3.8, 4) is 16.9 Å². The average Bonchev–Trinajstić information content (AvgIpc) is 3.21. The molecule has 138 valence electrons. The molecule has 1 heterocycles. The van der Waals surface area contributed by atoms with E-state index in [0.717, 1.165) is 16.7 Å². The monoisotopic (exact) mass is 363 g/mol. The predicted molar refractivity (Wildman–Crippen MR) is 105 cm³/mol. The number of rotatable bonds is 5. The molecule has 0 spiro atoms. The van der Waals surface area contributed by atoms with Gasteiger partial charge in [-0.15, -0.1) is 0 Å². The summed E-state index contributed by atoms with van der Waals surface area (Å²) in [6, 6.07) is 14.5. The maximum Gasteiger partial charge on any atom is 0.327 e. The summed E-state index contributed by atoms with van der Waals surface area (Å²) in [4.78, 5) is 14.0. The van der Waals surface area contributed by atoms with Crippen molar-refractivity contribution in [2.24, 2.45) is 0 Å². The molecule has 7 nitrogen and oxygen atoms in total. The lowest BCUT2D eigenvalue weighted by Crippen LogP contribution is -2.37. The van der Waals surface area contributed by atoms with E-state index in [4.69, 9.17) is 10.1 Å². The first-order valence-electron chi connectivity index (χ1n) is 8.42. The second-order valence-electron chi connectivity index (χ2n) is 6.02. The Morgan fingerprint density at radius 2 is 2.00 bits per heavy atom. The van der Waals surface area contributed by atoms with Gasteiger partial charge in [-0.1, -0.05) is 24.3 Å². The number of aromatic nitrogens is 2. The molecule has 0 aliphatic heterocycles. The lowest BCUT2D eigenvalue weighted by molar-refractivity contribution is 0.232. The van der Waals surface area contributed by atoms with E-state index in [1.165, 1.54) is 4.90 Å². The van der Waals surface area contributed by atoms with Crippen LogP contribution in [0.5, 0.6) is 5.75 Å². The molecule has 3 aromatic rings. The molecule has 0 aliphatic carbocycles. The van der Waals surface area contributed by atoms with E-state index in [0.29, 0.717) is 11.4 Å². The van der Waals surface area contributed by atoms with Crippen LogP contribution in [0.4, 0.5) is 10.5 Å². The van der Waals surface area contributed by atoms with Gasteiger partial charge in [0.05, 0.1) is 19.9 Å². The van der Waals surface area contributed by atoms with Crippen molar-refractivity contribution in [1.82, 2.24) is 15.1 Å². The first kappa shape index (κ1) is 18.2. The molecule has 3 N–H and O–H groups in total. The Balaban J connectivity index is 1.70. The number of H-pyrrole nitrogens is 1. The van der Waals surface area contributed by atoms with Crippen molar-refractivity contribution in [2.75, 3.05) is 12.4 Å². The van der Waals surface area contributed by atoms with Gasteiger partial charge in [0.1, 0.15) is 11.6 Å². The SMILES string of the molecule is COc1cccc(CN(C(C)=N)C(=O)Nc2ccc(-c3cn[nH]c3)cc2)c1. The fourth-order valence-corrected chi connectivity index (χ4v) is 2.64. The van der Waals surface area contributed by atoms with Crippen LogP contribution >= 0.6 is 0 Å². The Hall–Kier alpha value is -3.61. The van der Waals surface area contributed by atoms with E-state index in [-0.39, 0.29) is 18.4 Å². The molecule has 1 aromatic heterocycles. The molecular weight excluding hydrogens is 342 g/mol. The number of nitrogens with zero attached hydrogens (tertiary/aromatic N) is 2. The third-order valence-corrected chi connectivity index (χ3v) is 4.09. The number of hydrogen-bond acceptors (Lipinski definition) is 4. The molecule has 2 aromatic carbocycles. The topological polar surface area (TPSA) is 94.1 Å². The van der Waals surface area contributed by atoms with Crippen molar-refractivity contribution in [2.45, 2.75) is 13.5 Å². The Labute approximate surface area is 157 Å². The zero-order valence-corrected chi connectivity index (χ0v) is 15.2. The summed E-state index contributed by atoms with van der Waals surface area (Å²) in [5, 5.41) is 17.5. The second-order valence-corrected chi connectivity index (χ2v) is 6.02. The number of carbonyl (C=O) groups excluding carboxylic acids is 1. The van der Waals surface area contributed by atoms with Crippen LogP contribution in [0.3, 0.4) is 0 Å². The molecule has 0 radical (unpaired) electrons. The molecule has 7 heteroatoms. The van der Waals surface area contributed by atoms with Crippen molar-refractivity contribution >= 4 is 17.6 Å². The van der Waals surface area contributed by atoms with Gasteiger partial charge in [-0.2, -0.15) is 5.10 Å². The molecule has 0 unspecified atom stereocenters. The van der Waals surface area contributed by atoms with Crippen LogP contribution in [0.1, 0.15) is 12.5 Å². The number of hydrogen-bond donors (Lipinski definition) is 3. The van der Waals surface area contributed by atoms with Gasteiger partial charge in [0.2, 0.25) is 0 Å². The van der Waals surface area contributed by atoms with Crippen LogP contribution in [-0.4, -0.2) is 34.1 Å². The van der Waals surface area contributed by atoms with Gasteiger partial charge < -0.3 is 10.1 Å². The number of anilines is 1. The van der Waals surface area contributed by atoms with E-state index in [2.05, 4.69) is 15.5 Å². The number of carbonyl (C=O) groups is 1. The summed E-state index contributed by atoms with van der Waals surface area (Å²) in [7, 11) is 1.60. The van der Waals surface area contributed by atoms with Gasteiger partial charge >= 0.3 is 6.03 Å². The van der Waals surface area contributed by atoms with Crippen LogP contribution in [0, 0.1) is 5.41 Å². The smallest absolute Gasteiger partial charge is 0.327 e. The highest BCUT2D eigenvalue weighted by Gasteiger charge is 2.16. The van der Waals surface area contributed by atoms with Crippen molar-refractivity contribution < 1.29 is 9.53 Å². The minimum Gasteiger partial charge on any atom is -0.497 e. The zero-order valence-electron chi connectivity index (χ0n) is 15.2.